The third-order valence-electron chi connectivity index (χ3n) is 5.40. The quantitative estimate of drug-likeness (QED) is 0.489. The van der Waals surface area contributed by atoms with Crippen LogP contribution in [0.5, 0.6) is 0 Å². The number of rotatable bonds is 5. The van der Waals surface area contributed by atoms with E-state index in [1.165, 1.54) is 18.9 Å². The number of aliphatic imine (C=N–C) groups is 2. The lowest BCUT2D eigenvalue weighted by Gasteiger charge is -2.28. The Bertz CT molecular complexity index is 1190. The summed E-state index contributed by atoms with van der Waals surface area (Å²) in [5.74, 6) is 0. The van der Waals surface area contributed by atoms with Gasteiger partial charge in [0.1, 0.15) is 0 Å². The first kappa shape index (κ1) is 18.9. The van der Waals surface area contributed by atoms with E-state index in [1.54, 1.807) is 12.1 Å². The predicted molar refractivity (Wildman–Crippen MR) is 113 cm³/mol. The van der Waals surface area contributed by atoms with E-state index in [0.29, 0.717) is 16.7 Å². The van der Waals surface area contributed by atoms with Gasteiger partial charge in [-0.1, -0.05) is 66.7 Å². The van der Waals surface area contributed by atoms with Crippen LogP contribution >= 0.6 is 0 Å². The zero-order valence-electron chi connectivity index (χ0n) is 16.1. The van der Waals surface area contributed by atoms with Crippen molar-refractivity contribution >= 4 is 18.5 Å². The number of hydrogen-bond acceptors (Lipinski definition) is 8. The summed E-state index contributed by atoms with van der Waals surface area (Å²) in [5.41, 5.74) is 5.62. The topological polar surface area (TPSA) is 110 Å². The molecule has 3 aromatic carbocycles. The summed E-state index contributed by atoms with van der Waals surface area (Å²) in [6, 6.07) is 23.5. The molecule has 0 fully saturated rings. The molecular formula is C22H17N5O4. The van der Waals surface area contributed by atoms with Gasteiger partial charge >= 0.3 is 0 Å². The van der Waals surface area contributed by atoms with Crippen LogP contribution in [0.4, 0.5) is 5.69 Å². The molecule has 2 N–H and O–H groups in total. The Kier molecular flexibility index (Phi) is 4.46. The molecule has 2 aliphatic heterocycles. The summed E-state index contributed by atoms with van der Waals surface area (Å²) >= 11 is 0. The van der Waals surface area contributed by atoms with Gasteiger partial charge < -0.3 is 9.68 Å². The van der Waals surface area contributed by atoms with Crippen molar-refractivity contribution in [3.05, 3.63) is 111 Å². The fourth-order valence-electron chi connectivity index (χ4n) is 3.91. The lowest BCUT2D eigenvalue weighted by Crippen LogP contribution is -2.39. The monoisotopic (exact) mass is 415 g/mol. The first-order valence-electron chi connectivity index (χ1n) is 9.49. The second-order valence-corrected chi connectivity index (χ2v) is 7.05. The summed E-state index contributed by atoms with van der Waals surface area (Å²) in [6.45, 7) is 0. The number of nitrogens with one attached hydrogen (secondary N) is 2. The molecule has 2 unspecified atom stereocenters. The maximum Gasteiger partial charge on any atom is 0.277 e. The predicted octanol–water partition coefficient (Wildman–Crippen LogP) is 3.12. The second kappa shape index (κ2) is 7.31. The average Bonchev–Trinajstić information content (AvgIpc) is 3.51. The first-order valence-corrected chi connectivity index (χ1v) is 9.49. The van der Waals surface area contributed by atoms with E-state index in [0.717, 1.165) is 5.56 Å². The van der Waals surface area contributed by atoms with Gasteiger partial charge in [0.2, 0.25) is 5.66 Å². The standard InChI is InChI=1S/C22H17N5O4/c28-27(29)20-13-18(21(23-14-30-25-21)16-7-3-1-4-8-16)11-12-19(20)22(24-15-31-26-22)17-9-5-2-6-10-17/h1-15,25-26H. The van der Waals surface area contributed by atoms with Crippen molar-refractivity contribution in [2.45, 2.75) is 11.3 Å². The third kappa shape index (κ3) is 2.95. The molecule has 0 radical (unpaired) electrons. The van der Waals surface area contributed by atoms with Crippen LogP contribution in [-0.4, -0.2) is 17.7 Å². The van der Waals surface area contributed by atoms with Crippen LogP contribution in [-0.2, 0) is 21.0 Å². The van der Waals surface area contributed by atoms with Crippen LogP contribution < -0.4 is 11.0 Å². The largest absolute Gasteiger partial charge is 0.394 e. The molecule has 0 saturated heterocycles. The number of nitro benzene ring substituents is 1. The van der Waals surface area contributed by atoms with Crippen molar-refractivity contribution in [3.8, 4) is 0 Å². The SMILES string of the molecule is O=[N+]([O-])c1cc(C2(c3ccccc3)N=CON2)ccc1C1(c2ccccc2)N=CON1. The van der Waals surface area contributed by atoms with Crippen molar-refractivity contribution in [1.82, 2.24) is 11.0 Å². The number of hydrogen-bond donors (Lipinski definition) is 2. The van der Waals surface area contributed by atoms with E-state index in [1.807, 2.05) is 60.7 Å². The Labute approximate surface area is 177 Å². The molecule has 154 valence electrons. The van der Waals surface area contributed by atoms with Gasteiger partial charge in [-0.15, -0.1) is 11.0 Å². The fourth-order valence-corrected chi connectivity index (χ4v) is 3.91. The van der Waals surface area contributed by atoms with Crippen LogP contribution in [0, 0.1) is 10.1 Å². The molecule has 9 nitrogen and oxygen atoms in total. The Morgan fingerprint density at radius 2 is 1.29 bits per heavy atom. The van der Waals surface area contributed by atoms with Crippen LogP contribution in [0.1, 0.15) is 22.3 Å². The minimum absolute atomic E-state index is 0.129. The van der Waals surface area contributed by atoms with Gasteiger partial charge in [0, 0.05) is 22.8 Å². The zero-order chi connectivity index (χ0) is 21.3. The Balaban J connectivity index is 1.70. The molecule has 5 rings (SSSR count). The Hall–Kier alpha value is -4.08. The van der Waals surface area contributed by atoms with Crippen molar-refractivity contribution in [1.29, 1.82) is 0 Å². The molecule has 0 spiro atoms. The molecule has 0 saturated carbocycles. The molecule has 0 aromatic heterocycles. The normalized spacial score (nSPS) is 24.0. The molecule has 0 aliphatic carbocycles. The highest BCUT2D eigenvalue weighted by Crippen LogP contribution is 2.42. The van der Waals surface area contributed by atoms with Crippen LogP contribution in [0.15, 0.2) is 88.8 Å². The average molecular weight is 415 g/mol. The minimum Gasteiger partial charge on any atom is -0.394 e. The summed E-state index contributed by atoms with van der Waals surface area (Å²) in [7, 11) is 0. The molecule has 2 atom stereocenters. The molecule has 0 bridgehead atoms. The van der Waals surface area contributed by atoms with Gasteiger partial charge in [-0.3, -0.25) is 10.1 Å². The maximum absolute atomic E-state index is 12.2. The van der Waals surface area contributed by atoms with E-state index < -0.39 is 16.2 Å². The summed E-state index contributed by atoms with van der Waals surface area (Å²) in [5, 5.41) is 12.2. The molecule has 3 aromatic rings. The van der Waals surface area contributed by atoms with Crippen molar-refractivity contribution in [2.24, 2.45) is 9.98 Å². The van der Waals surface area contributed by atoms with Gasteiger partial charge in [0.15, 0.2) is 18.5 Å². The second-order valence-electron chi connectivity index (χ2n) is 7.05. The number of nitro groups is 1. The Morgan fingerprint density at radius 1 is 0.742 bits per heavy atom. The first-order chi connectivity index (χ1) is 15.2. The summed E-state index contributed by atoms with van der Waals surface area (Å²) in [4.78, 5) is 31.0. The number of benzene rings is 3. The van der Waals surface area contributed by atoms with E-state index in [2.05, 4.69) is 20.9 Å². The van der Waals surface area contributed by atoms with Crippen molar-refractivity contribution in [3.63, 3.8) is 0 Å². The zero-order valence-corrected chi connectivity index (χ0v) is 16.1. The van der Waals surface area contributed by atoms with Gasteiger partial charge in [-0.2, -0.15) is 0 Å². The lowest BCUT2D eigenvalue weighted by atomic mass is 9.86. The highest BCUT2D eigenvalue weighted by atomic mass is 16.7. The van der Waals surface area contributed by atoms with E-state index in [9.17, 15) is 10.1 Å². The van der Waals surface area contributed by atoms with Gasteiger partial charge in [0.25, 0.3) is 5.69 Å². The molecule has 9 heteroatoms. The highest BCUT2D eigenvalue weighted by Gasteiger charge is 2.45. The summed E-state index contributed by atoms with van der Waals surface area (Å²) in [6.07, 6.45) is 2.53. The molecule has 2 heterocycles. The summed E-state index contributed by atoms with van der Waals surface area (Å²) < 4.78 is 0. The highest BCUT2D eigenvalue weighted by molar-refractivity contribution is 5.61. The Morgan fingerprint density at radius 3 is 1.81 bits per heavy atom. The molecule has 31 heavy (non-hydrogen) atoms. The minimum atomic E-state index is -1.25. The van der Waals surface area contributed by atoms with E-state index >= 15 is 0 Å². The van der Waals surface area contributed by atoms with Crippen LogP contribution in [0.3, 0.4) is 0 Å². The molecular weight excluding hydrogens is 398 g/mol. The third-order valence-corrected chi connectivity index (χ3v) is 5.40. The molecule has 2 aliphatic rings. The number of hydroxylamine groups is 2. The smallest absolute Gasteiger partial charge is 0.277 e. The van der Waals surface area contributed by atoms with Crippen molar-refractivity contribution in [2.75, 3.05) is 0 Å². The van der Waals surface area contributed by atoms with Gasteiger partial charge in [-0.25, -0.2) is 9.98 Å². The van der Waals surface area contributed by atoms with E-state index in [-0.39, 0.29) is 5.69 Å². The lowest BCUT2D eigenvalue weighted by molar-refractivity contribution is -0.386. The number of nitrogens with zero attached hydrogens (tertiary/aromatic N) is 3. The van der Waals surface area contributed by atoms with Gasteiger partial charge in [-0.05, 0) is 6.07 Å². The molecule has 0 amide bonds. The van der Waals surface area contributed by atoms with Gasteiger partial charge in [0.05, 0.1) is 10.5 Å². The van der Waals surface area contributed by atoms with Crippen LogP contribution in [0.2, 0.25) is 0 Å². The maximum atomic E-state index is 12.2. The fraction of sp³-hybridized carbons (Fsp3) is 0.0909. The van der Waals surface area contributed by atoms with Crippen LogP contribution in [0.25, 0.3) is 0 Å². The van der Waals surface area contributed by atoms with E-state index in [4.69, 9.17) is 9.68 Å². The van der Waals surface area contributed by atoms with Crippen molar-refractivity contribution < 1.29 is 14.6 Å².